The van der Waals surface area contributed by atoms with Crippen LogP contribution in [0.3, 0.4) is 0 Å². The Morgan fingerprint density at radius 1 is 1.05 bits per heavy atom. The maximum atomic E-state index is 14.7. The van der Waals surface area contributed by atoms with Crippen molar-refractivity contribution in [2.75, 3.05) is 32.7 Å². The quantitative estimate of drug-likeness (QED) is 0.370. The third-order valence-corrected chi connectivity index (χ3v) is 7.56. The molecule has 0 radical (unpaired) electrons. The number of halogens is 4. The van der Waals surface area contributed by atoms with Crippen LogP contribution in [-0.2, 0) is 17.9 Å². The number of hydrogen-bond acceptors (Lipinski definition) is 3. The largest absolute Gasteiger partial charge is 0.471 e. The lowest BCUT2D eigenvalue weighted by Gasteiger charge is -2.32. The molecule has 4 rings (SSSR count). The van der Waals surface area contributed by atoms with Crippen LogP contribution in [0.15, 0.2) is 48.7 Å². The number of carbonyl (C=O) groups excluding carboxylic acids is 2. The Morgan fingerprint density at radius 3 is 2.41 bits per heavy atom. The summed E-state index contributed by atoms with van der Waals surface area (Å²) in [6, 6.07) is 12.0. The summed E-state index contributed by atoms with van der Waals surface area (Å²) < 4.78 is 54.3. The van der Waals surface area contributed by atoms with Crippen LogP contribution < -0.4 is 5.32 Å². The lowest BCUT2D eigenvalue weighted by Crippen LogP contribution is -2.38. The van der Waals surface area contributed by atoms with E-state index in [4.69, 9.17) is 0 Å². The number of nitrogens with zero attached hydrogens (tertiary/aromatic N) is 3. The van der Waals surface area contributed by atoms with Crippen molar-refractivity contribution in [1.29, 1.82) is 0 Å². The number of likely N-dealkylation sites (tertiary alicyclic amines) is 1. The molecule has 39 heavy (non-hydrogen) atoms. The van der Waals surface area contributed by atoms with Gasteiger partial charge >= 0.3 is 12.1 Å². The maximum absolute atomic E-state index is 14.7. The van der Waals surface area contributed by atoms with E-state index in [2.05, 4.69) is 23.3 Å². The van der Waals surface area contributed by atoms with Crippen LogP contribution >= 0.6 is 0 Å². The second-order valence-electron chi connectivity index (χ2n) is 9.88. The van der Waals surface area contributed by atoms with E-state index in [-0.39, 0.29) is 18.4 Å². The number of nitrogens with one attached hydrogen (secondary N) is 1. The summed E-state index contributed by atoms with van der Waals surface area (Å²) in [6.45, 7) is 8.37. The van der Waals surface area contributed by atoms with Gasteiger partial charge in [-0.2, -0.15) is 13.2 Å². The number of carbonyl (C=O) groups is 2. The molecule has 0 saturated carbocycles. The molecule has 10 heteroatoms. The van der Waals surface area contributed by atoms with Gasteiger partial charge in [-0.05, 0) is 55.1 Å². The Kier molecular flexibility index (Phi) is 8.94. The molecule has 0 aliphatic carbocycles. The number of rotatable bonds is 9. The van der Waals surface area contributed by atoms with E-state index in [1.165, 1.54) is 18.2 Å². The van der Waals surface area contributed by atoms with Gasteiger partial charge in [-0.3, -0.25) is 9.59 Å². The number of benzene rings is 2. The third kappa shape index (κ3) is 6.61. The predicted molar refractivity (Wildman–Crippen MR) is 142 cm³/mol. The van der Waals surface area contributed by atoms with Crippen molar-refractivity contribution >= 4 is 22.7 Å². The van der Waals surface area contributed by atoms with E-state index in [1.807, 2.05) is 35.8 Å². The molecule has 1 aliphatic rings. The number of para-hydroxylation sites is 1. The second kappa shape index (κ2) is 12.2. The van der Waals surface area contributed by atoms with Crippen LogP contribution in [0.2, 0.25) is 0 Å². The highest BCUT2D eigenvalue weighted by atomic mass is 19.4. The zero-order chi connectivity index (χ0) is 28.2. The summed E-state index contributed by atoms with van der Waals surface area (Å²) in [5, 5.41) is 2.73. The monoisotopic (exact) mass is 546 g/mol. The predicted octanol–water partition coefficient (Wildman–Crippen LogP) is 5.32. The fraction of sp³-hybridized carbons (Fsp3) is 0.448. The molecule has 210 valence electrons. The van der Waals surface area contributed by atoms with Crippen molar-refractivity contribution in [3.8, 4) is 0 Å². The normalized spacial score (nSPS) is 14.8. The average Bonchev–Trinajstić information content (AvgIpc) is 3.31. The SMILES string of the molecule is CCN(CC)CCn1cc(C(=O)N2CCC(c3cc(CNC(=O)C(F)(F)F)ccc3F)CC2)c2ccccc21. The Hall–Kier alpha value is -3.40. The smallest absolute Gasteiger partial charge is 0.345 e. The molecular formula is C29H34F4N4O2. The van der Waals surface area contributed by atoms with E-state index in [1.54, 1.807) is 4.90 Å². The molecule has 2 heterocycles. The van der Waals surface area contributed by atoms with Gasteiger partial charge in [0.1, 0.15) is 5.82 Å². The van der Waals surface area contributed by atoms with Crippen molar-refractivity contribution in [3.63, 3.8) is 0 Å². The number of hydrogen-bond donors (Lipinski definition) is 1. The Balaban J connectivity index is 1.43. The van der Waals surface area contributed by atoms with Crippen molar-refractivity contribution in [2.24, 2.45) is 0 Å². The highest BCUT2D eigenvalue weighted by Gasteiger charge is 2.38. The van der Waals surface area contributed by atoms with Gasteiger partial charge in [0.2, 0.25) is 0 Å². The third-order valence-electron chi connectivity index (χ3n) is 7.56. The fourth-order valence-electron chi connectivity index (χ4n) is 5.25. The van der Waals surface area contributed by atoms with E-state index in [9.17, 15) is 27.2 Å². The molecule has 2 amide bonds. The van der Waals surface area contributed by atoms with Crippen molar-refractivity contribution in [1.82, 2.24) is 19.7 Å². The van der Waals surface area contributed by atoms with Crippen LogP contribution in [0.1, 0.15) is 54.1 Å². The van der Waals surface area contributed by atoms with Gasteiger partial charge in [0.05, 0.1) is 5.56 Å². The van der Waals surface area contributed by atoms with Gasteiger partial charge in [0.25, 0.3) is 5.91 Å². The van der Waals surface area contributed by atoms with Gasteiger partial charge in [-0.15, -0.1) is 0 Å². The topological polar surface area (TPSA) is 57.6 Å². The number of amides is 2. The molecule has 3 aromatic rings. The molecule has 1 N–H and O–H groups in total. The average molecular weight is 547 g/mol. The lowest BCUT2D eigenvalue weighted by molar-refractivity contribution is -0.173. The summed E-state index contributed by atoms with van der Waals surface area (Å²) in [7, 11) is 0. The number of likely N-dealkylation sites (N-methyl/N-ethyl adjacent to an activating group) is 1. The molecule has 1 fully saturated rings. The summed E-state index contributed by atoms with van der Waals surface area (Å²) in [6.07, 6.45) is -1.98. The lowest BCUT2D eigenvalue weighted by atomic mass is 9.88. The zero-order valence-electron chi connectivity index (χ0n) is 22.2. The van der Waals surface area contributed by atoms with Crippen molar-refractivity contribution in [2.45, 2.75) is 51.9 Å². The van der Waals surface area contributed by atoms with Crippen LogP contribution in [0.25, 0.3) is 10.9 Å². The van der Waals surface area contributed by atoms with Crippen LogP contribution in [-0.4, -0.2) is 65.1 Å². The minimum Gasteiger partial charge on any atom is -0.345 e. The molecule has 0 atom stereocenters. The molecule has 0 spiro atoms. The van der Waals surface area contributed by atoms with E-state index in [0.717, 1.165) is 37.1 Å². The van der Waals surface area contributed by atoms with Gasteiger partial charge in [-0.1, -0.05) is 44.2 Å². The van der Waals surface area contributed by atoms with E-state index < -0.39 is 17.9 Å². The Labute approximate surface area is 225 Å². The number of fused-ring (bicyclic) bond motifs is 1. The first-order valence-corrected chi connectivity index (χ1v) is 13.3. The minimum absolute atomic E-state index is 0.0599. The summed E-state index contributed by atoms with van der Waals surface area (Å²) in [5.41, 5.74) is 2.45. The molecule has 1 aromatic heterocycles. The molecule has 0 unspecified atom stereocenters. The van der Waals surface area contributed by atoms with E-state index >= 15 is 0 Å². The van der Waals surface area contributed by atoms with Crippen LogP contribution in [0.4, 0.5) is 17.6 Å². The van der Waals surface area contributed by atoms with Crippen LogP contribution in [0, 0.1) is 5.82 Å². The zero-order valence-corrected chi connectivity index (χ0v) is 22.2. The van der Waals surface area contributed by atoms with Gasteiger partial charge in [0.15, 0.2) is 0 Å². The first-order chi connectivity index (χ1) is 18.6. The van der Waals surface area contributed by atoms with Crippen molar-refractivity contribution in [3.05, 3.63) is 71.2 Å². The number of piperidine rings is 1. The molecule has 2 aromatic carbocycles. The molecule has 1 saturated heterocycles. The maximum Gasteiger partial charge on any atom is 0.471 e. The summed E-state index contributed by atoms with van der Waals surface area (Å²) >= 11 is 0. The highest BCUT2D eigenvalue weighted by Crippen LogP contribution is 2.32. The van der Waals surface area contributed by atoms with Gasteiger partial charge in [-0.25, -0.2) is 4.39 Å². The van der Waals surface area contributed by atoms with Crippen molar-refractivity contribution < 1.29 is 27.2 Å². The minimum atomic E-state index is -4.97. The number of aromatic nitrogens is 1. The van der Waals surface area contributed by atoms with Gasteiger partial charge < -0.3 is 19.7 Å². The Bertz CT molecular complexity index is 1310. The molecular weight excluding hydrogens is 512 g/mol. The van der Waals surface area contributed by atoms with E-state index in [0.29, 0.717) is 42.6 Å². The molecule has 6 nitrogen and oxygen atoms in total. The Morgan fingerprint density at radius 2 is 1.74 bits per heavy atom. The number of alkyl halides is 3. The molecule has 0 bridgehead atoms. The highest BCUT2D eigenvalue weighted by molar-refractivity contribution is 6.07. The summed E-state index contributed by atoms with van der Waals surface area (Å²) in [4.78, 5) is 28.8. The first-order valence-electron chi connectivity index (χ1n) is 13.3. The summed E-state index contributed by atoms with van der Waals surface area (Å²) in [5.74, 6) is -2.71. The second-order valence-corrected chi connectivity index (χ2v) is 9.88. The van der Waals surface area contributed by atoms with Gasteiger partial charge in [0, 0.05) is 49.8 Å². The van der Waals surface area contributed by atoms with Crippen LogP contribution in [0.5, 0.6) is 0 Å². The standard InChI is InChI=1S/C29H34F4N4O2/c1-3-35(4-2)15-16-37-19-24(22-7-5-6-8-26(22)37)27(38)36-13-11-21(12-14-36)23-17-20(9-10-25(23)30)18-34-28(39)29(31,32)33/h5-10,17,19,21H,3-4,11-16,18H2,1-2H3,(H,34,39). The molecule has 1 aliphatic heterocycles. The first kappa shape index (κ1) is 28.6. The fourth-order valence-corrected chi connectivity index (χ4v) is 5.25.